The molecule has 0 spiro atoms. The minimum Gasteiger partial charge on any atom is -0.468 e. The summed E-state index contributed by atoms with van der Waals surface area (Å²) in [6.45, 7) is 3.09. The predicted molar refractivity (Wildman–Crippen MR) is 51.9 cm³/mol. The van der Waals surface area contributed by atoms with Crippen molar-refractivity contribution >= 4 is 5.97 Å². The number of carbonyl (C=O) groups excluding carboxylic acids is 1. The Morgan fingerprint density at radius 1 is 1.29 bits per heavy atom. The number of esters is 1. The lowest BCUT2D eigenvalue weighted by molar-refractivity contribution is -0.147. The minimum atomic E-state index is -0.970. The Kier molecular flexibility index (Phi) is 6.44. The summed E-state index contributed by atoms with van der Waals surface area (Å²) in [6.07, 6.45) is 0.434. The zero-order valence-electron chi connectivity index (χ0n) is 9.04. The number of carbonyl (C=O) groups is 1. The Balaban J connectivity index is 3.60. The van der Waals surface area contributed by atoms with E-state index in [1.54, 1.807) is 14.0 Å². The largest absolute Gasteiger partial charge is 0.468 e. The summed E-state index contributed by atoms with van der Waals surface area (Å²) in [5.74, 6) is -0.423. The van der Waals surface area contributed by atoms with Crippen LogP contribution in [0.15, 0.2) is 0 Å². The molecule has 0 saturated carbocycles. The van der Waals surface area contributed by atoms with Crippen LogP contribution in [0.4, 0.5) is 0 Å². The number of nitrogens with two attached hydrogens (primary N) is 1. The first-order valence-corrected chi connectivity index (χ1v) is 4.48. The van der Waals surface area contributed by atoms with Crippen molar-refractivity contribution in [3.8, 4) is 0 Å². The molecule has 5 nitrogen and oxygen atoms in total. The molecule has 0 heterocycles. The molecule has 0 aliphatic heterocycles. The third-order valence-corrected chi connectivity index (χ3v) is 1.85. The lowest BCUT2D eigenvalue weighted by atomic mass is 10.0. The van der Waals surface area contributed by atoms with E-state index in [2.05, 4.69) is 4.74 Å². The van der Waals surface area contributed by atoms with E-state index in [0.29, 0.717) is 26.2 Å². The minimum absolute atomic E-state index is 0.422. The van der Waals surface area contributed by atoms with Crippen LogP contribution in [0.1, 0.15) is 13.3 Å². The lowest BCUT2D eigenvalue weighted by Gasteiger charge is -2.20. The molecule has 0 radical (unpaired) electrons. The van der Waals surface area contributed by atoms with E-state index in [1.165, 1.54) is 7.11 Å². The molecule has 0 fully saturated rings. The average Bonchev–Trinajstić information content (AvgIpc) is 2.16. The summed E-state index contributed by atoms with van der Waals surface area (Å²) in [4.78, 5) is 11.1. The zero-order chi connectivity index (χ0) is 11.0. The molecule has 1 unspecified atom stereocenters. The van der Waals surface area contributed by atoms with E-state index < -0.39 is 11.5 Å². The van der Waals surface area contributed by atoms with Crippen molar-refractivity contribution in [2.45, 2.75) is 18.9 Å². The molecule has 5 heteroatoms. The van der Waals surface area contributed by atoms with Gasteiger partial charge in [0.25, 0.3) is 0 Å². The van der Waals surface area contributed by atoms with Crippen molar-refractivity contribution in [3.05, 3.63) is 0 Å². The fourth-order valence-electron chi connectivity index (χ4n) is 0.864. The maximum atomic E-state index is 11.1. The summed E-state index contributed by atoms with van der Waals surface area (Å²) >= 11 is 0. The second-order valence-corrected chi connectivity index (χ2v) is 3.26. The number of methoxy groups -OCH3 is 2. The first-order chi connectivity index (χ1) is 6.54. The molecular formula is C9H19NO4. The van der Waals surface area contributed by atoms with Crippen molar-refractivity contribution in [1.82, 2.24) is 0 Å². The van der Waals surface area contributed by atoms with Crippen molar-refractivity contribution in [1.29, 1.82) is 0 Å². The smallest absolute Gasteiger partial charge is 0.325 e. The van der Waals surface area contributed by atoms with Crippen LogP contribution in [-0.4, -0.2) is 45.5 Å². The standard InChI is InChI=1S/C9H19NO4/c1-9(10,8(11)13-3)4-5-14-7-6-12-2/h4-7,10H2,1-3H3. The van der Waals surface area contributed by atoms with Gasteiger partial charge in [0.2, 0.25) is 0 Å². The fraction of sp³-hybridized carbons (Fsp3) is 0.889. The van der Waals surface area contributed by atoms with Gasteiger partial charge in [0.05, 0.1) is 20.3 Å². The molecule has 14 heavy (non-hydrogen) atoms. The Hall–Kier alpha value is -0.650. The molecule has 0 aliphatic carbocycles. The van der Waals surface area contributed by atoms with E-state index in [-0.39, 0.29) is 0 Å². The second kappa shape index (κ2) is 6.75. The highest BCUT2D eigenvalue weighted by Gasteiger charge is 2.28. The van der Waals surface area contributed by atoms with Gasteiger partial charge in [0.15, 0.2) is 0 Å². The average molecular weight is 205 g/mol. The summed E-state index contributed by atoms with van der Waals surface area (Å²) in [7, 11) is 2.92. The van der Waals surface area contributed by atoms with Gasteiger partial charge in [-0.25, -0.2) is 0 Å². The first kappa shape index (κ1) is 13.4. The van der Waals surface area contributed by atoms with Gasteiger partial charge in [-0.05, 0) is 13.3 Å². The van der Waals surface area contributed by atoms with Crippen LogP contribution in [0.5, 0.6) is 0 Å². The third-order valence-electron chi connectivity index (χ3n) is 1.85. The zero-order valence-corrected chi connectivity index (χ0v) is 9.04. The quantitative estimate of drug-likeness (QED) is 0.465. The van der Waals surface area contributed by atoms with E-state index in [4.69, 9.17) is 15.2 Å². The Labute approximate surface area is 84.5 Å². The normalized spacial score (nSPS) is 14.9. The van der Waals surface area contributed by atoms with Crippen LogP contribution in [0, 0.1) is 0 Å². The van der Waals surface area contributed by atoms with Gasteiger partial charge < -0.3 is 19.9 Å². The topological polar surface area (TPSA) is 70.8 Å². The van der Waals surface area contributed by atoms with E-state index in [9.17, 15) is 4.79 Å². The van der Waals surface area contributed by atoms with Gasteiger partial charge in [-0.1, -0.05) is 0 Å². The number of rotatable bonds is 7. The molecule has 0 rings (SSSR count). The highest BCUT2D eigenvalue weighted by atomic mass is 16.5. The fourth-order valence-corrected chi connectivity index (χ4v) is 0.864. The highest BCUT2D eigenvalue weighted by molar-refractivity contribution is 5.79. The molecule has 0 bridgehead atoms. The van der Waals surface area contributed by atoms with Gasteiger partial charge in [0.1, 0.15) is 5.54 Å². The maximum absolute atomic E-state index is 11.1. The molecule has 0 aromatic heterocycles. The van der Waals surface area contributed by atoms with Crippen LogP contribution in [-0.2, 0) is 19.0 Å². The van der Waals surface area contributed by atoms with Crippen LogP contribution in [0.25, 0.3) is 0 Å². The molecule has 0 aromatic carbocycles. The number of hydrogen-bond donors (Lipinski definition) is 1. The van der Waals surface area contributed by atoms with Crippen LogP contribution < -0.4 is 5.73 Å². The number of hydrogen-bond acceptors (Lipinski definition) is 5. The van der Waals surface area contributed by atoms with Gasteiger partial charge in [0, 0.05) is 13.7 Å². The van der Waals surface area contributed by atoms with E-state index in [1.807, 2.05) is 0 Å². The molecule has 84 valence electrons. The highest BCUT2D eigenvalue weighted by Crippen LogP contribution is 2.07. The summed E-state index contributed by atoms with van der Waals surface area (Å²) < 4.78 is 14.5. The van der Waals surface area contributed by atoms with Gasteiger partial charge >= 0.3 is 5.97 Å². The van der Waals surface area contributed by atoms with Crippen LogP contribution in [0.3, 0.4) is 0 Å². The molecule has 0 amide bonds. The SMILES string of the molecule is COCCOCCC(C)(N)C(=O)OC. The Morgan fingerprint density at radius 3 is 2.43 bits per heavy atom. The summed E-state index contributed by atoms with van der Waals surface area (Å²) in [5, 5.41) is 0. The van der Waals surface area contributed by atoms with Gasteiger partial charge in [-0.2, -0.15) is 0 Å². The first-order valence-electron chi connectivity index (χ1n) is 4.48. The third kappa shape index (κ3) is 5.16. The Bertz CT molecular complexity index is 170. The van der Waals surface area contributed by atoms with Crippen molar-refractivity contribution in [3.63, 3.8) is 0 Å². The Morgan fingerprint density at radius 2 is 1.93 bits per heavy atom. The van der Waals surface area contributed by atoms with Crippen molar-refractivity contribution < 1.29 is 19.0 Å². The van der Waals surface area contributed by atoms with Crippen molar-refractivity contribution in [2.75, 3.05) is 34.0 Å². The van der Waals surface area contributed by atoms with Crippen molar-refractivity contribution in [2.24, 2.45) is 5.73 Å². The monoisotopic (exact) mass is 205 g/mol. The molecule has 2 N–H and O–H groups in total. The second-order valence-electron chi connectivity index (χ2n) is 3.26. The van der Waals surface area contributed by atoms with Crippen LogP contribution in [0.2, 0.25) is 0 Å². The van der Waals surface area contributed by atoms with E-state index in [0.717, 1.165) is 0 Å². The van der Waals surface area contributed by atoms with Gasteiger partial charge in [-0.3, -0.25) is 4.79 Å². The molecule has 0 aromatic rings. The lowest BCUT2D eigenvalue weighted by Crippen LogP contribution is -2.46. The predicted octanol–water partition coefficient (Wildman–Crippen LogP) is -0.0701. The molecule has 0 saturated heterocycles. The van der Waals surface area contributed by atoms with Crippen LogP contribution >= 0.6 is 0 Å². The molecule has 0 aliphatic rings. The number of ether oxygens (including phenoxy) is 3. The maximum Gasteiger partial charge on any atom is 0.325 e. The van der Waals surface area contributed by atoms with E-state index >= 15 is 0 Å². The molecular weight excluding hydrogens is 186 g/mol. The van der Waals surface area contributed by atoms with Gasteiger partial charge in [-0.15, -0.1) is 0 Å². The summed E-state index contributed by atoms with van der Waals surface area (Å²) in [6, 6.07) is 0. The molecule has 1 atom stereocenters. The summed E-state index contributed by atoms with van der Waals surface area (Å²) in [5.41, 5.74) is 4.73.